The fourth-order valence-corrected chi connectivity index (χ4v) is 6.35. The van der Waals surface area contributed by atoms with Crippen molar-refractivity contribution in [3.63, 3.8) is 0 Å². The molecule has 0 spiro atoms. The molecule has 0 aliphatic rings. The van der Waals surface area contributed by atoms with Gasteiger partial charge in [0.2, 0.25) is 5.91 Å². The van der Waals surface area contributed by atoms with E-state index in [1.807, 2.05) is 6.08 Å². The van der Waals surface area contributed by atoms with Crippen LogP contribution in [-0.2, 0) is 4.79 Å². The number of hydrogen-bond acceptors (Lipinski definition) is 3. The zero-order chi connectivity index (χ0) is 32.9. The number of nitrogens with one attached hydrogen (secondary N) is 1. The highest BCUT2D eigenvalue weighted by molar-refractivity contribution is 5.76. The molecule has 0 bridgehead atoms. The smallest absolute Gasteiger partial charge is 0.220 e. The summed E-state index contributed by atoms with van der Waals surface area (Å²) in [6.07, 6.45) is 45.9. The molecule has 2 atom stereocenters. The van der Waals surface area contributed by atoms with Gasteiger partial charge >= 0.3 is 0 Å². The van der Waals surface area contributed by atoms with Gasteiger partial charge in [0.05, 0.1) is 18.8 Å². The van der Waals surface area contributed by atoms with Crippen molar-refractivity contribution in [3.05, 3.63) is 12.2 Å². The van der Waals surface area contributed by atoms with Crippen LogP contribution in [0.5, 0.6) is 0 Å². The fraction of sp³-hybridized carbons (Fsp3) is 0.927. The van der Waals surface area contributed by atoms with Gasteiger partial charge in [0.1, 0.15) is 0 Å². The molecule has 0 rings (SSSR count). The van der Waals surface area contributed by atoms with Crippen LogP contribution in [0.15, 0.2) is 12.2 Å². The van der Waals surface area contributed by atoms with Crippen LogP contribution in [0.2, 0.25) is 0 Å². The highest BCUT2D eigenvalue weighted by Gasteiger charge is 2.17. The predicted octanol–water partition coefficient (Wildman–Crippen LogP) is 12.3. The van der Waals surface area contributed by atoms with Crippen LogP contribution >= 0.6 is 0 Å². The quantitative estimate of drug-likeness (QED) is 0.0470. The Labute approximate surface area is 282 Å². The van der Waals surface area contributed by atoms with Gasteiger partial charge in [0.25, 0.3) is 0 Å². The summed E-state index contributed by atoms with van der Waals surface area (Å²) in [6, 6.07) is -0.615. The van der Waals surface area contributed by atoms with Gasteiger partial charge in [-0.05, 0) is 19.3 Å². The Morgan fingerprint density at radius 2 is 0.822 bits per heavy atom. The van der Waals surface area contributed by atoms with Crippen molar-refractivity contribution in [3.8, 4) is 0 Å². The van der Waals surface area contributed by atoms with Crippen LogP contribution in [0, 0.1) is 0 Å². The number of carbonyl (C=O) groups excluding carboxylic acids is 1. The maximum atomic E-state index is 12.3. The molecule has 2 unspecified atom stereocenters. The average molecular weight is 636 g/mol. The van der Waals surface area contributed by atoms with E-state index < -0.39 is 12.1 Å². The largest absolute Gasteiger partial charge is 0.394 e. The van der Waals surface area contributed by atoms with Crippen molar-refractivity contribution in [1.82, 2.24) is 5.32 Å². The second-order valence-electron chi connectivity index (χ2n) is 14.1. The fourth-order valence-electron chi connectivity index (χ4n) is 6.35. The number of amides is 1. The van der Waals surface area contributed by atoms with Gasteiger partial charge < -0.3 is 15.5 Å². The molecule has 4 heteroatoms. The molecule has 0 saturated heterocycles. The van der Waals surface area contributed by atoms with Gasteiger partial charge in [0, 0.05) is 6.42 Å². The molecular weight excluding hydrogens is 554 g/mol. The first-order valence-electron chi connectivity index (χ1n) is 20.4. The van der Waals surface area contributed by atoms with E-state index in [1.54, 1.807) is 6.08 Å². The molecule has 0 aliphatic heterocycles. The third-order valence-corrected chi connectivity index (χ3v) is 9.52. The second kappa shape index (κ2) is 37.6. The lowest BCUT2D eigenvalue weighted by Crippen LogP contribution is -2.45. The van der Waals surface area contributed by atoms with E-state index in [0.717, 1.165) is 25.7 Å². The van der Waals surface area contributed by atoms with Crippen molar-refractivity contribution >= 4 is 5.91 Å². The molecule has 0 radical (unpaired) electrons. The summed E-state index contributed by atoms with van der Waals surface area (Å²) in [5.74, 6) is -0.0609. The predicted molar refractivity (Wildman–Crippen MR) is 198 cm³/mol. The molecular formula is C41H81NO3. The molecule has 1 amide bonds. The van der Waals surface area contributed by atoms with Gasteiger partial charge in [-0.2, -0.15) is 0 Å². The minimum Gasteiger partial charge on any atom is -0.394 e. The van der Waals surface area contributed by atoms with Crippen molar-refractivity contribution in [2.75, 3.05) is 6.61 Å². The highest BCUT2D eigenvalue weighted by Crippen LogP contribution is 2.16. The first kappa shape index (κ1) is 44.1. The Morgan fingerprint density at radius 3 is 1.16 bits per heavy atom. The van der Waals surface area contributed by atoms with E-state index in [2.05, 4.69) is 19.2 Å². The Morgan fingerprint density at radius 1 is 0.511 bits per heavy atom. The zero-order valence-electron chi connectivity index (χ0n) is 30.7. The molecule has 0 aromatic rings. The second-order valence-corrected chi connectivity index (χ2v) is 14.1. The van der Waals surface area contributed by atoms with E-state index in [9.17, 15) is 15.0 Å². The topological polar surface area (TPSA) is 69.6 Å². The monoisotopic (exact) mass is 636 g/mol. The maximum Gasteiger partial charge on any atom is 0.220 e. The lowest BCUT2D eigenvalue weighted by molar-refractivity contribution is -0.123. The van der Waals surface area contributed by atoms with Gasteiger partial charge in [-0.1, -0.05) is 212 Å². The Balaban J connectivity index is 3.52. The number of aliphatic hydroxyl groups is 2. The Kier molecular flexibility index (Phi) is 36.9. The number of aliphatic hydroxyl groups excluding tert-OH is 2. The van der Waals surface area contributed by atoms with E-state index in [-0.39, 0.29) is 12.5 Å². The summed E-state index contributed by atoms with van der Waals surface area (Å²) in [6.45, 7) is 4.31. The molecule has 268 valence electrons. The van der Waals surface area contributed by atoms with Crippen LogP contribution < -0.4 is 5.32 Å². The normalized spacial score (nSPS) is 13.1. The van der Waals surface area contributed by atoms with Crippen LogP contribution in [-0.4, -0.2) is 34.9 Å². The Bertz CT molecular complexity index is 608. The zero-order valence-corrected chi connectivity index (χ0v) is 30.7. The molecule has 0 aromatic heterocycles. The number of allylic oxidation sites excluding steroid dienone is 1. The maximum absolute atomic E-state index is 12.3. The van der Waals surface area contributed by atoms with Crippen molar-refractivity contribution in [2.24, 2.45) is 0 Å². The molecule has 0 heterocycles. The molecule has 3 N–H and O–H groups in total. The van der Waals surface area contributed by atoms with Crippen molar-refractivity contribution in [1.29, 1.82) is 0 Å². The summed E-state index contributed by atoms with van der Waals surface area (Å²) in [4.78, 5) is 12.3. The highest BCUT2D eigenvalue weighted by atomic mass is 16.3. The number of carbonyl (C=O) groups is 1. The minimum absolute atomic E-state index is 0.0609. The first-order chi connectivity index (χ1) is 22.2. The standard InChI is InChI=1S/C41H81NO3/c1-3-5-7-9-11-13-15-17-18-19-20-21-22-23-25-27-29-31-33-35-37-41(45)42-39(38-43)40(44)36-34-32-30-28-26-24-16-14-12-10-8-6-4-2/h34,36,39-40,43-44H,3-33,35,37-38H2,1-2H3,(H,42,45). The summed E-state index contributed by atoms with van der Waals surface area (Å²) in [5.41, 5.74) is 0. The minimum atomic E-state index is -0.832. The third kappa shape index (κ3) is 34.3. The van der Waals surface area contributed by atoms with Crippen LogP contribution in [0.3, 0.4) is 0 Å². The van der Waals surface area contributed by atoms with Crippen LogP contribution in [0.4, 0.5) is 0 Å². The summed E-state index contributed by atoms with van der Waals surface area (Å²) in [7, 11) is 0. The summed E-state index contributed by atoms with van der Waals surface area (Å²) < 4.78 is 0. The average Bonchev–Trinajstić information content (AvgIpc) is 3.04. The summed E-state index contributed by atoms with van der Waals surface area (Å²) >= 11 is 0. The number of rotatable bonds is 37. The molecule has 45 heavy (non-hydrogen) atoms. The first-order valence-corrected chi connectivity index (χ1v) is 20.4. The number of hydrogen-bond donors (Lipinski definition) is 3. The van der Waals surface area contributed by atoms with E-state index in [4.69, 9.17) is 0 Å². The van der Waals surface area contributed by atoms with Crippen molar-refractivity contribution < 1.29 is 15.0 Å². The Hall–Kier alpha value is -0.870. The van der Waals surface area contributed by atoms with Gasteiger partial charge in [-0.3, -0.25) is 4.79 Å². The SMILES string of the molecule is CCCCCCCCCCCCCC=CC(O)C(CO)NC(=O)CCCCCCCCCCCCCCCCCCCCCC. The lowest BCUT2D eigenvalue weighted by Gasteiger charge is -2.20. The van der Waals surface area contributed by atoms with Crippen LogP contribution in [0.25, 0.3) is 0 Å². The van der Waals surface area contributed by atoms with Gasteiger partial charge in [-0.15, -0.1) is 0 Å². The van der Waals surface area contributed by atoms with Crippen LogP contribution in [0.1, 0.15) is 226 Å². The van der Waals surface area contributed by atoms with E-state index >= 15 is 0 Å². The van der Waals surface area contributed by atoms with E-state index in [1.165, 1.54) is 180 Å². The van der Waals surface area contributed by atoms with Crippen molar-refractivity contribution in [2.45, 2.75) is 238 Å². The lowest BCUT2D eigenvalue weighted by atomic mass is 10.0. The third-order valence-electron chi connectivity index (χ3n) is 9.52. The number of unbranched alkanes of at least 4 members (excludes halogenated alkanes) is 30. The molecule has 0 aromatic carbocycles. The summed E-state index contributed by atoms with van der Waals surface area (Å²) in [5, 5.41) is 22.9. The molecule has 0 saturated carbocycles. The van der Waals surface area contributed by atoms with E-state index in [0.29, 0.717) is 6.42 Å². The van der Waals surface area contributed by atoms with Gasteiger partial charge in [0.15, 0.2) is 0 Å². The van der Waals surface area contributed by atoms with Gasteiger partial charge in [-0.25, -0.2) is 0 Å². The molecule has 4 nitrogen and oxygen atoms in total. The molecule has 0 aliphatic carbocycles. The molecule has 0 fully saturated rings.